The van der Waals surface area contributed by atoms with Crippen LogP contribution in [0.5, 0.6) is 0 Å². The summed E-state index contributed by atoms with van der Waals surface area (Å²) in [4.78, 5) is 5.07. The van der Waals surface area contributed by atoms with Gasteiger partial charge in [0.15, 0.2) is 0 Å². The highest BCUT2D eigenvalue weighted by Gasteiger charge is 2.44. The monoisotopic (exact) mass is 916 g/mol. The molecule has 12 aromatic rings. The van der Waals surface area contributed by atoms with Gasteiger partial charge in [-0.1, -0.05) is 226 Å². The van der Waals surface area contributed by atoms with Crippen molar-refractivity contribution in [2.75, 3.05) is 9.80 Å². The molecule has 14 rings (SSSR count). The normalized spacial score (nSPS) is 12.8. The van der Waals surface area contributed by atoms with Crippen LogP contribution in [-0.4, -0.2) is 6.71 Å². The van der Waals surface area contributed by atoms with Crippen LogP contribution in [0.15, 0.2) is 261 Å². The van der Waals surface area contributed by atoms with Crippen LogP contribution in [0.25, 0.3) is 65.7 Å². The van der Waals surface area contributed by atoms with Crippen LogP contribution in [-0.2, 0) is 5.41 Å². The highest BCUT2D eigenvalue weighted by molar-refractivity contribution is 7.00. The van der Waals surface area contributed by atoms with E-state index in [0.717, 1.165) is 11.4 Å². The highest BCUT2D eigenvalue weighted by atomic mass is 15.2. The molecule has 0 amide bonds. The van der Waals surface area contributed by atoms with Crippen molar-refractivity contribution in [3.8, 4) is 33.4 Å². The molecular weight excluding hydrogens is 868 g/mol. The summed E-state index contributed by atoms with van der Waals surface area (Å²) < 4.78 is 0. The Hall–Kier alpha value is -8.92. The SMILES string of the molecule is CC(C)(c1ccccc1)c1ccc2c(c1)B1c3ccccc3N(c3ccccc3)c3cc(-c4c5ccccc5c(-c5ccc(-c6ccccc6)c6ccccc56)c5ccccc45)cc(c31)N2c1ccccc1. The van der Waals surface area contributed by atoms with E-state index >= 15 is 0 Å². The fourth-order valence-electron chi connectivity index (χ4n) is 12.3. The quantitative estimate of drug-likeness (QED) is 0.116. The first-order valence-electron chi connectivity index (χ1n) is 25.2. The van der Waals surface area contributed by atoms with Gasteiger partial charge in [-0.15, -0.1) is 0 Å². The lowest BCUT2D eigenvalue weighted by molar-refractivity contribution is 0.641. The molecule has 2 aliphatic heterocycles. The predicted octanol–water partition coefficient (Wildman–Crippen LogP) is 16.6. The molecule has 0 aliphatic carbocycles. The van der Waals surface area contributed by atoms with Gasteiger partial charge >= 0.3 is 0 Å². The molecule has 12 aromatic carbocycles. The summed E-state index contributed by atoms with van der Waals surface area (Å²) in [7, 11) is 0. The molecule has 0 aromatic heterocycles. The summed E-state index contributed by atoms with van der Waals surface area (Å²) in [5.74, 6) is 0. The Morgan fingerprint density at radius 2 is 0.750 bits per heavy atom. The third-order valence-electron chi connectivity index (χ3n) is 15.7. The summed E-state index contributed by atoms with van der Waals surface area (Å²) in [5.41, 5.74) is 20.7. The number of benzene rings is 12. The average Bonchev–Trinajstić information content (AvgIpc) is 3.45. The maximum absolute atomic E-state index is 2.55. The Morgan fingerprint density at radius 1 is 0.306 bits per heavy atom. The number of rotatable bonds is 7. The molecule has 0 fully saturated rings. The first-order chi connectivity index (χ1) is 35.5. The summed E-state index contributed by atoms with van der Waals surface area (Å²) in [6, 6.07) is 97.0. The number of anilines is 6. The fraction of sp³-hybridized carbons (Fsp3) is 0.0435. The van der Waals surface area contributed by atoms with Crippen LogP contribution >= 0.6 is 0 Å². The molecule has 0 N–H and O–H groups in total. The molecular formula is C69H49BN2. The largest absolute Gasteiger partial charge is 0.311 e. The van der Waals surface area contributed by atoms with E-state index in [1.54, 1.807) is 0 Å². The van der Waals surface area contributed by atoms with Crippen LogP contribution in [0.1, 0.15) is 25.0 Å². The van der Waals surface area contributed by atoms with Gasteiger partial charge in [0.05, 0.1) is 0 Å². The first-order valence-corrected chi connectivity index (χ1v) is 25.2. The third kappa shape index (κ3) is 6.44. The standard InChI is InChI=1S/C69H49BN2/c1-69(2,48-25-9-4-10-26-48)49-39-42-63-61(45-49)70-60-37-21-22-38-62(60)71(50-27-11-5-12-28-50)64-43-47(44-65(68(64)70)72(63)51-29-13-6-14-30-51)66-55-33-17-19-35-57(55)67(58-36-20-18-34-56(58)66)59-41-40-52(46-23-7-3-8-24-46)53-31-15-16-32-54(53)59/h3-45H,1-2H3. The lowest BCUT2D eigenvalue weighted by Crippen LogP contribution is -2.61. The van der Waals surface area contributed by atoms with Crippen molar-refractivity contribution in [2.45, 2.75) is 19.3 Å². The lowest BCUT2D eigenvalue weighted by atomic mass is 9.33. The summed E-state index contributed by atoms with van der Waals surface area (Å²) in [6.07, 6.45) is 0. The van der Waals surface area contributed by atoms with E-state index in [0.29, 0.717) is 0 Å². The second-order valence-corrected chi connectivity index (χ2v) is 19.9. The molecule has 3 heteroatoms. The van der Waals surface area contributed by atoms with E-state index in [1.807, 2.05) is 0 Å². The fourth-order valence-corrected chi connectivity index (χ4v) is 12.3. The minimum Gasteiger partial charge on any atom is -0.311 e. The third-order valence-corrected chi connectivity index (χ3v) is 15.7. The van der Waals surface area contributed by atoms with Crippen molar-refractivity contribution in [3.63, 3.8) is 0 Å². The molecule has 2 heterocycles. The molecule has 0 radical (unpaired) electrons. The van der Waals surface area contributed by atoms with Gasteiger partial charge in [-0.25, -0.2) is 0 Å². The maximum Gasteiger partial charge on any atom is 0.252 e. The van der Waals surface area contributed by atoms with Gasteiger partial charge in [-0.05, 0) is 142 Å². The van der Waals surface area contributed by atoms with E-state index in [9.17, 15) is 0 Å². The zero-order valence-electron chi connectivity index (χ0n) is 40.3. The summed E-state index contributed by atoms with van der Waals surface area (Å²) in [6.45, 7) is 4.70. The van der Waals surface area contributed by atoms with Crippen LogP contribution in [0.2, 0.25) is 0 Å². The van der Waals surface area contributed by atoms with E-state index in [4.69, 9.17) is 0 Å². The molecule has 0 saturated heterocycles. The number of hydrogen-bond acceptors (Lipinski definition) is 2. The molecule has 0 saturated carbocycles. The van der Waals surface area contributed by atoms with Gasteiger partial charge in [0.1, 0.15) is 0 Å². The second kappa shape index (κ2) is 16.6. The Bertz CT molecular complexity index is 4000. The highest BCUT2D eigenvalue weighted by Crippen LogP contribution is 2.51. The van der Waals surface area contributed by atoms with Crippen molar-refractivity contribution in [1.29, 1.82) is 0 Å². The topological polar surface area (TPSA) is 6.48 Å². The number of hydrogen-bond donors (Lipinski definition) is 0. The van der Waals surface area contributed by atoms with Gasteiger partial charge in [-0.3, -0.25) is 0 Å². The number of fused-ring (bicyclic) bond motifs is 7. The van der Waals surface area contributed by atoms with Crippen molar-refractivity contribution in [3.05, 3.63) is 272 Å². The van der Waals surface area contributed by atoms with Crippen LogP contribution in [0, 0.1) is 0 Å². The van der Waals surface area contributed by atoms with Gasteiger partial charge < -0.3 is 9.80 Å². The number of nitrogens with zero attached hydrogens (tertiary/aromatic N) is 2. The van der Waals surface area contributed by atoms with Crippen LogP contribution in [0.4, 0.5) is 34.1 Å². The van der Waals surface area contributed by atoms with Crippen molar-refractivity contribution < 1.29 is 0 Å². The zero-order chi connectivity index (χ0) is 47.9. The first kappa shape index (κ1) is 42.0. The van der Waals surface area contributed by atoms with E-state index < -0.39 is 0 Å². The van der Waals surface area contributed by atoms with Crippen molar-refractivity contribution >= 4 is 89.5 Å². The zero-order valence-corrected chi connectivity index (χ0v) is 40.3. The summed E-state index contributed by atoms with van der Waals surface area (Å²) in [5, 5.41) is 7.41. The van der Waals surface area contributed by atoms with Gasteiger partial charge in [0.25, 0.3) is 6.71 Å². The van der Waals surface area contributed by atoms with E-state index in [-0.39, 0.29) is 12.1 Å². The lowest BCUT2D eigenvalue weighted by Gasteiger charge is -2.45. The van der Waals surface area contributed by atoms with Crippen LogP contribution < -0.4 is 26.2 Å². The predicted molar refractivity (Wildman–Crippen MR) is 308 cm³/mol. The smallest absolute Gasteiger partial charge is 0.252 e. The molecule has 0 bridgehead atoms. The Morgan fingerprint density at radius 3 is 1.33 bits per heavy atom. The van der Waals surface area contributed by atoms with E-state index in [2.05, 4.69) is 285 Å². The van der Waals surface area contributed by atoms with Crippen molar-refractivity contribution in [2.24, 2.45) is 0 Å². The van der Waals surface area contributed by atoms with Gasteiger partial charge in [0.2, 0.25) is 0 Å². The molecule has 338 valence electrons. The molecule has 0 unspecified atom stereocenters. The number of para-hydroxylation sites is 3. The van der Waals surface area contributed by atoms with Gasteiger partial charge in [0, 0.05) is 39.5 Å². The molecule has 2 aliphatic rings. The minimum absolute atomic E-state index is 0.0234. The molecule has 0 atom stereocenters. The minimum atomic E-state index is -0.227. The maximum atomic E-state index is 2.55. The molecule has 2 nitrogen and oxygen atoms in total. The summed E-state index contributed by atoms with van der Waals surface area (Å²) >= 11 is 0. The van der Waals surface area contributed by atoms with Crippen LogP contribution in [0.3, 0.4) is 0 Å². The van der Waals surface area contributed by atoms with Crippen molar-refractivity contribution in [1.82, 2.24) is 0 Å². The Kier molecular flexibility index (Phi) is 9.69. The van der Waals surface area contributed by atoms with E-state index in [1.165, 1.54) is 116 Å². The second-order valence-electron chi connectivity index (χ2n) is 19.9. The average molecular weight is 917 g/mol. The Labute approximate surface area is 421 Å². The molecule has 0 spiro atoms. The Balaban J connectivity index is 1.07. The molecule has 72 heavy (non-hydrogen) atoms. The van der Waals surface area contributed by atoms with Gasteiger partial charge in [-0.2, -0.15) is 0 Å².